The van der Waals surface area contributed by atoms with Gasteiger partial charge in [-0.25, -0.2) is 0 Å². The highest BCUT2D eigenvalue weighted by Gasteiger charge is 2.32. The number of hydrogen-bond acceptors (Lipinski definition) is 2. The van der Waals surface area contributed by atoms with Crippen molar-refractivity contribution in [1.29, 1.82) is 0 Å². The van der Waals surface area contributed by atoms with Crippen LogP contribution in [0, 0.1) is 5.92 Å². The minimum absolute atomic E-state index is 0.0371. The largest absolute Gasteiger partial charge is 0.416 e. The van der Waals surface area contributed by atoms with Crippen LogP contribution in [0.1, 0.15) is 29.9 Å². The fraction of sp³-hybridized carbons (Fsp3) is 0.571. The zero-order chi connectivity index (χ0) is 13.9. The molecule has 2 rings (SSSR count). The summed E-state index contributed by atoms with van der Waals surface area (Å²) in [5.74, 6) is 2.58. The molecule has 2 N–H and O–H groups in total. The summed E-state index contributed by atoms with van der Waals surface area (Å²) in [6, 6.07) is 5.63. The predicted octanol–water partition coefficient (Wildman–Crippen LogP) is 3.89. The van der Waals surface area contributed by atoms with Gasteiger partial charge in [0, 0.05) is 0 Å². The lowest BCUT2D eigenvalue weighted by Gasteiger charge is -2.29. The van der Waals surface area contributed by atoms with Crippen molar-refractivity contribution in [2.75, 3.05) is 18.1 Å². The second-order valence-corrected chi connectivity index (χ2v) is 6.09. The van der Waals surface area contributed by atoms with Crippen LogP contribution < -0.4 is 5.73 Å². The van der Waals surface area contributed by atoms with Gasteiger partial charge in [0.1, 0.15) is 0 Å². The zero-order valence-corrected chi connectivity index (χ0v) is 11.4. The van der Waals surface area contributed by atoms with Gasteiger partial charge in [0.05, 0.1) is 5.56 Å². The van der Waals surface area contributed by atoms with Gasteiger partial charge in [-0.2, -0.15) is 24.9 Å². The third kappa shape index (κ3) is 3.66. The Morgan fingerprint density at radius 2 is 2.16 bits per heavy atom. The Balaban J connectivity index is 2.22. The van der Waals surface area contributed by atoms with Gasteiger partial charge in [0.2, 0.25) is 0 Å². The van der Waals surface area contributed by atoms with E-state index < -0.39 is 11.7 Å². The molecular formula is C14H18F3NS. The molecule has 2 unspecified atom stereocenters. The van der Waals surface area contributed by atoms with E-state index in [-0.39, 0.29) is 5.92 Å². The van der Waals surface area contributed by atoms with Crippen LogP contribution >= 0.6 is 11.8 Å². The first-order chi connectivity index (χ1) is 9.02. The van der Waals surface area contributed by atoms with E-state index in [1.165, 1.54) is 12.1 Å². The Labute approximate surface area is 115 Å². The van der Waals surface area contributed by atoms with Crippen LogP contribution in [-0.2, 0) is 6.18 Å². The molecule has 1 nitrogen and oxygen atoms in total. The number of halogens is 3. The van der Waals surface area contributed by atoms with Crippen LogP contribution in [0.3, 0.4) is 0 Å². The average Bonchev–Trinajstić information content (AvgIpc) is 2.40. The van der Waals surface area contributed by atoms with Crippen LogP contribution in [0.5, 0.6) is 0 Å². The van der Waals surface area contributed by atoms with Crippen LogP contribution in [0.15, 0.2) is 24.3 Å². The monoisotopic (exact) mass is 289 g/mol. The minimum Gasteiger partial charge on any atom is -0.330 e. The molecule has 106 valence electrons. The number of rotatable bonds is 3. The van der Waals surface area contributed by atoms with Crippen molar-refractivity contribution in [2.45, 2.75) is 24.9 Å². The molecule has 19 heavy (non-hydrogen) atoms. The minimum atomic E-state index is -4.28. The van der Waals surface area contributed by atoms with Crippen molar-refractivity contribution in [3.8, 4) is 0 Å². The maximum Gasteiger partial charge on any atom is 0.416 e. The van der Waals surface area contributed by atoms with E-state index in [0.717, 1.165) is 36.0 Å². The smallest absolute Gasteiger partial charge is 0.330 e. The summed E-state index contributed by atoms with van der Waals surface area (Å²) in [7, 11) is 0. The van der Waals surface area contributed by atoms with E-state index >= 15 is 0 Å². The molecule has 0 amide bonds. The lowest BCUT2D eigenvalue weighted by molar-refractivity contribution is -0.137. The van der Waals surface area contributed by atoms with Gasteiger partial charge >= 0.3 is 6.18 Å². The molecule has 1 aliphatic heterocycles. The Morgan fingerprint density at radius 3 is 2.74 bits per heavy atom. The van der Waals surface area contributed by atoms with E-state index in [2.05, 4.69) is 0 Å². The van der Waals surface area contributed by atoms with Gasteiger partial charge < -0.3 is 5.73 Å². The molecule has 1 saturated heterocycles. The Hall–Kier alpha value is -0.680. The third-order valence-electron chi connectivity index (χ3n) is 3.66. The zero-order valence-electron chi connectivity index (χ0n) is 10.6. The van der Waals surface area contributed by atoms with Crippen LogP contribution in [0.4, 0.5) is 13.2 Å². The highest BCUT2D eigenvalue weighted by molar-refractivity contribution is 7.99. The summed E-state index contributed by atoms with van der Waals surface area (Å²) in [6.45, 7) is 0.409. The first kappa shape index (κ1) is 14.7. The van der Waals surface area contributed by atoms with Crippen LogP contribution in [-0.4, -0.2) is 18.1 Å². The van der Waals surface area contributed by atoms with Gasteiger partial charge in [-0.3, -0.25) is 0 Å². The van der Waals surface area contributed by atoms with Gasteiger partial charge in [-0.15, -0.1) is 0 Å². The van der Waals surface area contributed by atoms with E-state index in [1.54, 1.807) is 6.07 Å². The molecule has 1 aromatic rings. The Bertz CT molecular complexity index is 413. The van der Waals surface area contributed by atoms with Gasteiger partial charge in [0.15, 0.2) is 0 Å². The van der Waals surface area contributed by atoms with Crippen molar-refractivity contribution in [3.05, 3.63) is 35.4 Å². The second kappa shape index (κ2) is 6.18. The first-order valence-electron chi connectivity index (χ1n) is 6.47. The maximum absolute atomic E-state index is 12.7. The van der Waals surface area contributed by atoms with Crippen molar-refractivity contribution in [2.24, 2.45) is 11.7 Å². The molecule has 0 bridgehead atoms. The number of alkyl halides is 3. The quantitative estimate of drug-likeness (QED) is 0.913. The second-order valence-electron chi connectivity index (χ2n) is 4.94. The lowest BCUT2D eigenvalue weighted by atomic mass is 9.83. The van der Waals surface area contributed by atoms with Gasteiger partial charge in [-0.1, -0.05) is 18.2 Å². The van der Waals surface area contributed by atoms with E-state index in [0.29, 0.717) is 12.5 Å². The average molecular weight is 289 g/mol. The number of thioether (sulfide) groups is 1. The highest BCUT2D eigenvalue weighted by atomic mass is 32.2. The maximum atomic E-state index is 12.7. The Kier molecular flexibility index (Phi) is 4.79. The molecule has 0 radical (unpaired) electrons. The van der Waals surface area contributed by atoms with Gasteiger partial charge in [0.25, 0.3) is 0 Å². The SMILES string of the molecule is NCC(c1cccc(C(F)(F)F)c1)C1CCCSC1. The number of benzene rings is 1. The van der Waals surface area contributed by atoms with Crippen LogP contribution in [0.25, 0.3) is 0 Å². The summed E-state index contributed by atoms with van der Waals surface area (Å²) in [5.41, 5.74) is 5.95. The first-order valence-corrected chi connectivity index (χ1v) is 7.63. The molecule has 1 aromatic carbocycles. The predicted molar refractivity (Wildman–Crippen MR) is 73.3 cm³/mol. The molecule has 2 atom stereocenters. The molecule has 1 aliphatic rings. The summed E-state index contributed by atoms with van der Waals surface area (Å²) in [5, 5.41) is 0. The van der Waals surface area contributed by atoms with E-state index in [9.17, 15) is 13.2 Å². The molecular weight excluding hydrogens is 271 g/mol. The topological polar surface area (TPSA) is 26.0 Å². The van der Waals surface area contributed by atoms with Crippen molar-refractivity contribution in [1.82, 2.24) is 0 Å². The van der Waals surface area contributed by atoms with E-state index in [1.807, 2.05) is 11.8 Å². The van der Waals surface area contributed by atoms with Gasteiger partial charge in [-0.05, 0) is 54.4 Å². The summed E-state index contributed by atoms with van der Waals surface area (Å²) in [4.78, 5) is 0. The fourth-order valence-corrected chi connectivity index (χ4v) is 3.87. The summed E-state index contributed by atoms with van der Waals surface area (Å²) in [6.07, 6.45) is -2.09. The molecule has 0 aromatic heterocycles. The van der Waals surface area contributed by atoms with Crippen molar-refractivity contribution >= 4 is 11.8 Å². The Morgan fingerprint density at radius 1 is 1.37 bits per heavy atom. The standard InChI is InChI=1S/C14H18F3NS/c15-14(16,17)12-5-1-3-10(7-12)13(8-18)11-4-2-6-19-9-11/h1,3,5,7,11,13H,2,4,6,8-9,18H2. The molecule has 0 saturated carbocycles. The number of hydrogen-bond donors (Lipinski definition) is 1. The summed E-state index contributed by atoms with van der Waals surface area (Å²) >= 11 is 1.87. The van der Waals surface area contributed by atoms with Crippen molar-refractivity contribution < 1.29 is 13.2 Å². The molecule has 1 fully saturated rings. The molecule has 0 aliphatic carbocycles. The molecule has 0 spiro atoms. The number of nitrogens with two attached hydrogens (primary N) is 1. The lowest BCUT2D eigenvalue weighted by Crippen LogP contribution is -2.26. The van der Waals surface area contributed by atoms with Crippen molar-refractivity contribution in [3.63, 3.8) is 0 Å². The fourth-order valence-electron chi connectivity index (χ4n) is 2.63. The molecule has 1 heterocycles. The molecule has 5 heteroatoms. The summed E-state index contributed by atoms with van der Waals surface area (Å²) < 4.78 is 38.2. The van der Waals surface area contributed by atoms with E-state index in [4.69, 9.17) is 5.73 Å². The highest BCUT2D eigenvalue weighted by Crippen LogP contribution is 2.36. The third-order valence-corrected chi connectivity index (χ3v) is 4.90. The van der Waals surface area contributed by atoms with Crippen LogP contribution in [0.2, 0.25) is 0 Å². The normalized spacial score (nSPS) is 22.2.